The average molecular weight is 367 g/mol. The SMILES string of the molecule is COc1cc(NCCC(=O)NCCC2=CCCCC2)c(OC)cc1Cl. The molecule has 0 atom stereocenters. The van der Waals surface area contributed by atoms with E-state index in [0.29, 0.717) is 36.0 Å². The van der Waals surface area contributed by atoms with Gasteiger partial charge in [-0.3, -0.25) is 4.79 Å². The second-order valence-electron chi connectivity index (χ2n) is 6.07. The molecule has 0 saturated heterocycles. The molecule has 1 amide bonds. The Hall–Kier alpha value is -1.88. The molecular weight excluding hydrogens is 340 g/mol. The van der Waals surface area contributed by atoms with Crippen LogP contribution in [0.3, 0.4) is 0 Å². The Balaban J connectivity index is 1.74. The molecule has 0 unspecified atom stereocenters. The van der Waals surface area contributed by atoms with Gasteiger partial charge in [0.2, 0.25) is 5.91 Å². The largest absolute Gasteiger partial charge is 0.495 e. The first-order valence-corrected chi connectivity index (χ1v) is 9.12. The highest BCUT2D eigenvalue weighted by Gasteiger charge is 2.10. The van der Waals surface area contributed by atoms with Crippen molar-refractivity contribution < 1.29 is 14.3 Å². The Labute approximate surface area is 154 Å². The van der Waals surface area contributed by atoms with E-state index in [4.69, 9.17) is 21.1 Å². The first-order chi connectivity index (χ1) is 12.1. The summed E-state index contributed by atoms with van der Waals surface area (Å²) in [6.07, 6.45) is 8.59. The van der Waals surface area contributed by atoms with Gasteiger partial charge in [-0.1, -0.05) is 23.3 Å². The molecule has 0 spiro atoms. The van der Waals surface area contributed by atoms with Crippen molar-refractivity contribution in [3.63, 3.8) is 0 Å². The summed E-state index contributed by atoms with van der Waals surface area (Å²) < 4.78 is 10.5. The van der Waals surface area contributed by atoms with Crippen molar-refractivity contribution in [2.75, 3.05) is 32.6 Å². The smallest absolute Gasteiger partial charge is 0.221 e. The van der Waals surface area contributed by atoms with E-state index < -0.39 is 0 Å². The molecular formula is C19H27ClN2O3. The molecule has 0 aromatic heterocycles. The molecule has 0 saturated carbocycles. The Morgan fingerprint density at radius 1 is 1.16 bits per heavy atom. The van der Waals surface area contributed by atoms with E-state index in [9.17, 15) is 4.79 Å². The van der Waals surface area contributed by atoms with Gasteiger partial charge in [-0.05, 0) is 32.1 Å². The number of carbonyl (C=O) groups is 1. The molecule has 6 heteroatoms. The molecule has 1 aliphatic carbocycles. The van der Waals surface area contributed by atoms with Crippen LogP contribution in [-0.2, 0) is 4.79 Å². The molecule has 0 fully saturated rings. The van der Waals surface area contributed by atoms with Crippen LogP contribution in [0.25, 0.3) is 0 Å². The highest BCUT2D eigenvalue weighted by molar-refractivity contribution is 6.32. The zero-order valence-corrected chi connectivity index (χ0v) is 15.7. The van der Waals surface area contributed by atoms with Crippen molar-refractivity contribution in [1.29, 1.82) is 0 Å². The van der Waals surface area contributed by atoms with Crippen LogP contribution in [-0.4, -0.2) is 33.2 Å². The van der Waals surface area contributed by atoms with Crippen LogP contribution in [0, 0.1) is 0 Å². The summed E-state index contributed by atoms with van der Waals surface area (Å²) in [6, 6.07) is 3.47. The molecule has 2 N–H and O–H groups in total. The number of allylic oxidation sites excluding steroid dienone is 1. The van der Waals surface area contributed by atoms with Gasteiger partial charge >= 0.3 is 0 Å². The van der Waals surface area contributed by atoms with Crippen molar-refractivity contribution in [1.82, 2.24) is 5.32 Å². The van der Waals surface area contributed by atoms with E-state index in [1.165, 1.54) is 31.3 Å². The Bertz CT molecular complexity index is 617. The van der Waals surface area contributed by atoms with Crippen LogP contribution in [0.5, 0.6) is 11.5 Å². The first kappa shape index (κ1) is 19.4. The molecule has 0 bridgehead atoms. The highest BCUT2D eigenvalue weighted by atomic mass is 35.5. The van der Waals surface area contributed by atoms with Crippen molar-refractivity contribution >= 4 is 23.2 Å². The summed E-state index contributed by atoms with van der Waals surface area (Å²) in [5.41, 5.74) is 2.23. The Kier molecular flexibility index (Phi) is 7.92. The van der Waals surface area contributed by atoms with Gasteiger partial charge < -0.3 is 20.1 Å². The number of amides is 1. The maximum Gasteiger partial charge on any atom is 0.221 e. The number of halogens is 1. The Morgan fingerprint density at radius 2 is 1.96 bits per heavy atom. The standard InChI is InChI=1S/C19H27ClN2O3/c1-24-17-13-16(18(25-2)12-15(17)20)21-11-9-19(23)22-10-8-14-6-4-3-5-7-14/h6,12-13,21H,3-5,7-11H2,1-2H3,(H,22,23). The zero-order valence-electron chi connectivity index (χ0n) is 15.0. The van der Waals surface area contributed by atoms with Gasteiger partial charge in [0, 0.05) is 31.6 Å². The minimum absolute atomic E-state index is 0.0452. The molecule has 5 nitrogen and oxygen atoms in total. The number of carbonyl (C=O) groups excluding carboxylic acids is 1. The molecule has 25 heavy (non-hydrogen) atoms. The number of rotatable bonds is 9. The fraction of sp³-hybridized carbons (Fsp3) is 0.526. The minimum atomic E-state index is 0.0452. The van der Waals surface area contributed by atoms with Gasteiger partial charge in [0.1, 0.15) is 11.5 Å². The monoisotopic (exact) mass is 366 g/mol. The fourth-order valence-corrected chi connectivity index (χ4v) is 3.12. The second kappa shape index (κ2) is 10.2. The van der Waals surface area contributed by atoms with Crippen LogP contribution in [0.15, 0.2) is 23.8 Å². The zero-order chi connectivity index (χ0) is 18.1. The first-order valence-electron chi connectivity index (χ1n) is 8.74. The molecule has 0 heterocycles. The van der Waals surface area contributed by atoms with Crippen molar-refractivity contribution in [2.45, 2.75) is 38.5 Å². The summed E-state index contributed by atoms with van der Waals surface area (Å²) in [5, 5.41) is 6.67. The van der Waals surface area contributed by atoms with E-state index in [-0.39, 0.29) is 5.91 Å². The third-order valence-electron chi connectivity index (χ3n) is 4.29. The van der Waals surface area contributed by atoms with E-state index in [2.05, 4.69) is 16.7 Å². The maximum atomic E-state index is 12.0. The predicted molar refractivity (Wildman–Crippen MR) is 102 cm³/mol. The van der Waals surface area contributed by atoms with E-state index >= 15 is 0 Å². The van der Waals surface area contributed by atoms with Crippen molar-refractivity contribution in [3.05, 3.63) is 28.8 Å². The molecule has 0 aliphatic heterocycles. The van der Waals surface area contributed by atoms with Gasteiger partial charge in [-0.25, -0.2) is 0 Å². The molecule has 1 aromatic rings. The third-order valence-corrected chi connectivity index (χ3v) is 4.59. The van der Waals surface area contributed by atoms with Crippen LogP contribution in [0.4, 0.5) is 5.69 Å². The molecule has 0 radical (unpaired) electrons. The molecule has 138 valence electrons. The number of benzene rings is 1. The van der Waals surface area contributed by atoms with E-state index in [0.717, 1.165) is 12.1 Å². The lowest BCUT2D eigenvalue weighted by atomic mass is 9.97. The number of anilines is 1. The van der Waals surface area contributed by atoms with Crippen LogP contribution in [0.1, 0.15) is 38.5 Å². The summed E-state index contributed by atoms with van der Waals surface area (Å²) in [4.78, 5) is 12.0. The summed E-state index contributed by atoms with van der Waals surface area (Å²) >= 11 is 6.08. The lowest BCUT2D eigenvalue weighted by Crippen LogP contribution is -2.26. The lowest BCUT2D eigenvalue weighted by molar-refractivity contribution is -0.120. The topological polar surface area (TPSA) is 59.6 Å². The van der Waals surface area contributed by atoms with Gasteiger partial charge in [-0.15, -0.1) is 0 Å². The molecule has 1 aromatic carbocycles. The number of hydrogen-bond donors (Lipinski definition) is 2. The Morgan fingerprint density at radius 3 is 2.64 bits per heavy atom. The summed E-state index contributed by atoms with van der Waals surface area (Å²) in [7, 11) is 3.14. The number of nitrogens with one attached hydrogen (secondary N) is 2. The quantitative estimate of drug-likeness (QED) is 0.644. The van der Waals surface area contributed by atoms with E-state index in [1.54, 1.807) is 26.4 Å². The number of hydrogen-bond acceptors (Lipinski definition) is 4. The van der Waals surface area contributed by atoms with Gasteiger partial charge in [0.15, 0.2) is 0 Å². The minimum Gasteiger partial charge on any atom is -0.495 e. The maximum absolute atomic E-state index is 12.0. The third kappa shape index (κ3) is 6.16. The molecule has 2 rings (SSSR count). The lowest BCUT2D eigenvalue weighted by Gasteiger charge is -2.14. The predicted octanol–water partition coefficient (Wildman–Crippen LogP) is 4.17. The van der Waals surface area contributed by atoms with Crippen LogP contribution < -0.4 is 20.1 Å². The van der Waals surface area contributed by atoms with Gasteiger partial charge in [0.05, 0.1) is 24.9 Å². The van der Waals surface area contributed by atoms with Gasteiger partial charge in [-0.2, -0.15) is 0 Å². The number of methoxy groups -OCH3 is 2. The van der Waals surface area contributed by atoms with Crippen LogP contribution in [0.2, 0.25) is 5.02 Å². The second-order valence-corrected chi connectivity index (χ2v) is 6.48. The summed E-state index contributed by atoms with van der Waals surface area (Å²) in [6.45, 7) is 1.22. The summed E-state index contributed by atoms with van der Waals surface area (Å²) in [5.74, 6) is 1.23. The normalized spacial score (nSPS) is 13.8. The van der Waals surface area contributed by atoms with Crippen molar-refractivity contribution in [2.24, 2.45) is 0 Å². The van der Waals surface area contributed by atoms with Crippen LogP contribution >= 0.6 is 11.6 Å². The average Bonchev–Trinajstić information content (AvgIpc) is 2.63. The molecule has 1 aliphatic rings. The van der Waals surface area contributed by atoms with Crippen molar-refractivity contribution in [3.8, 4) is 11.5 Å². The fourth-order valence-electron chi connectivity index (χ4n) is 2.89. The highest BCUT2D eigenvalue weighted by Crippen LogP contribution is 2.35. The number of ether oxygens (including phenoxy) is 2. The van der Waals surface area contributed by atoms with E-state index in [1.807, 2.05) is 0 Å². The van der Waals surface area contributed by atoms with Gasteiger partial charge in [0.25, 0.3) is 0 Å².